The molecule has 0 bridgehead atoms. The number of aryl methyl sites for hydroxylation is 1. The summed E-state index contributed by atoms with van der Waals surface area (Å²) < 4.78 is 0. The Morgan fingerprint density at radius 2 is 2.00 bits per heavy atom. The summed E-state index contributed by atoms with van der Waals surface area (Å²) in [7, 11) is 0. The Morgan fingerprint density at radius 3 is 2.69 bits per heavy atom. The van der Waals surface area contributed by atoms with Gasteiger partial charge in [0.15, 0.2) is 0 Å². The van der Waals surface area contributed by atoms with Crippen molar-refractivity contribution >= 4 is 0 Å². The van der Waals surface area contributed by atoms with Crippen molar-refractivity contribution in [2.24, 2.45) is 0 Å². The summed E-state index contributed by atoms with van der Waals surface area (Å²) in [4.78, 5) is 0. The first kappa shape index (κ1) is 9.85. The molecule has 0 aromatic heterocycles. The maximum Gasteiger partial charge on any atom is 0.118 e. The normalized spacial score (nSPS) is 10.8. The van der Waals surface area contributed by atoms with E-state index in [1.54, 1.807) is 6.07 Å². The second-order valence-electron chi connectivity index (χ2n) is 3.05. The first-order chi connectivity index (χ1) is 6.34. The van der Waals surface area contributed by atoms with Gasteiger partial charge in [0.1, 0.15) is 5.75 Å². The molecule has 0 spiro atoms. The zero-order chi connectivity index (χ0) is 9.52. The molecule has 0 atom stereocenters. The van der Waals surface area contributed by atoms with Gasteiger partial charge in [0.2, 0.25) is 0 Å². The van der Waals surface area contributed by atoms with E-state index in [0.29, 0.717) is 5.75 Å². The van der Waals surface area contributed by atoms with E-state index in [-0.39, 0.29) is 0 Å². The summed E-state index contributed by atoms with van der Waals surface area (Å²) in [5, 5.41) is 9.44. The highest BCUT2D eigenvalue weighted by Crippen LogP contribution is 2.17. The molecule has 70 valence electrons. The molecule has 1 nitrogen and oxygen atoms in total. The van der Waals surface area contributed by atoms with Crippen molar-refractivity contribution in [2.45, 2.75) is 26.2 Å². The number of hydrogen-bond acceptors (Lipinski definition) is 1. The van der Waals surface area contributed by atoms with Crippen LogP contribution in [-0.2, 0) is 6.42 Å². The van der Waals surface area contributed by atoms with E-state index in [1.807, 2.05) is 18.2 Å². The summed E-state index contributed by atoms with van der Waals surface area (Å²) in [6, 6.07) is 7.51. The van der Waals surface area contributed by atoms with E-state index in [1.165, 1.54) is 0 Å². The first-order valence-corrected chi connectivity index (χ1v) is 4.76. The lowest BCUT2D eigenvalue weighted by Gasteiger charge is -2.00. The summed E-state index contributed by atoms with van der Waals surface area (Å²) in [5.74, 6) is 0.410. The van der Waals surface area contributed by atoms with Crippen LogP contribution < -0.4 is 0 Å². The molecule has 1 rings (SSSR count). The summed E-state index contributed by atoms with van der Waals surface area (Å²) >= 11 is 0. The molecule has 0 aliphatic heterocycles. The van der Waals surface area contributed by atoms with Crippen molar-refractivity contribution in [1.82, 2.24) is 0 Å². The largest absolute Gasteiger partial charge is 0.508 e. The Labute approximate surface area is 79.7 Å². The van der Waals surface area contributed by atoms with Gasteiger partial charge in [-0.15, -0.1) is 0 Å². The number of aromatic hydroxyl groups is 1. The zero-order valence-corrected chi connectivity index (χ0v) is 8.03. The van der Waals surface area contributed by atoms with Crippen molar-refractivity contribution in [3.63, 3.8) is 0 Å². The fraction of sp³-hybridized carbons (Fsp3) is 0.333. The summed E-state index contributed by atoms with van der Waals surface area (Å²) in [6.45, 7) is 2.12. The molecule has 0 aliphatic carbocycles. The van der Waals surface area contributed by atoms with Crippen LogP contribution in [0.5, 0.6) is 5.75 Å². The zero-order valence-electron chi connectivity index (χ0n) is 8.03. The van der Waals surface area contributed by atoms with Gasteiger partial charge in [-0.2, -0.15) is 0 Å². The maximum atomic E-state index is 9.44. The van der Waals surface area contributed by atoms with E-state index < -0.39 is 0 Å². The highest BCUT2D eigenvalue weighted by Gasteiger charge is 1.96. The van der Waals surface area contributed by atoms with Gasteiger partial charge in [0.05, 0.1) is 0 Å². The molecular formula is C12H16O. The standard InChI is InChI=1S/C12H16O/c1-2-3-4-5-8-11-9-6-7-10-12(11)13/h3-4,6-7,9-10,13H,2,5,8H2,1H3. The number of rotatable bonds is 4. The van der Waals surface area contributed by atoms with Crippen LogP contribution in [0.25, 0.3) is 0 Å². The minimum Gasteiger partial charge on any atom is -0.508 e. The number of allylic oxidation sites excluding steroid dienone is 2. The van der Waals surface area contributed by atoms with Crippen LogP contribution in [-0.4, -0.2) is 5.11 Å². The van der Waals surface area contributed by atoms with Crippen molar-refractivity contribution < 1.29 is 5.11 Å². The third kappa shape index (κ3) is 3.32. The van der Waals surface area contributed by atoms with Gasteiger partial charge in [0, 0.05) is 0 Å². The van der Waals surface area contributed by atoms with Crippen LogP contribution in [0.3, 0.4) is 0 Å². The monoisotopic (exact) mass is 176 g/mol. The van der Waals surface area contributed by atoms with Crippen molar-refractivity contribution in [1.29, 1.82) is 0 Å². The number of hydrogen-bond donors (Lipinski definition) is 1. The van der Waals surface area contributed by atoms with Crippen LogP contribution >= 0.6 is 0 Å². The van der Waals surface area contributed by atoms with Crippen molar-refractivity contribution in [3.05, 3.63) is 42.0 Å². The molecule has 1 aromatic carbocycles. The molecule has 0 amide bonds. The van der Waals surface area contributed by atoms with Gasteiger partial charge in [-0.1, -0.05) is 37.3 Å². The molecule has 13 heavy (non-hydrogen) atoms. The molecule has 1 aromatic rings. The van der Waals surface area contributed by atoms with E-state index in [4.69, 9.17) is 0 Å². The van der Waals surface area contributed by atoms with Crippen LogP contribution in [0, 0.1) is 0 Å². The van der Waals surface area contributed by atoms with Crippen LogP contribution in [0.4, 0.5) is 0 Å². The molecule has 0 radical (unpaired) electrons. The quantitative estimate of drug-likeness (QED) is 0.698. The molecule has 0 unspecified atom stereocenters. The van der Waals surface area contributed by atoms with E-state index >= 15 is 0 Å². The molecule has 0 aliphatic rings. The SMILES string of the molecule is CCC=CCCc1ccccc1O. The second-order valence-corrected chi connectivity index (χ2v) is 3.05. The number of para-hydroxylation sites is 1. The van der Waals surface area contributed by atoms with Gasteiger partial charge in [-0.05, 0) is 30.9 Å². The number of benzene rings is 1. The van der Waals surface area contributed by atoms with Gasteiger partial charge in [-0.25, -0.2) is 0 Å². The van der Waals surface area contributed by atoms with Crippen molar-refractivity contribution in [3.8, 4) is 5.75 Å². The predicted molar refractivity (Wildman–Crippen MR) is 55.9 cm³/mol. The third-order valence-corrected chi connectivity index (χ3v) is 1.97. The molecule has 0 saturated carbocycles. The molecule has 0 heterocycles. The predicted octanol–water partition coefficient (Wildman–Crippen LogP) is 3.29. The molecule has 1 N–H and O–H groups in total. The van der Waals surface area contributed by atoms with Crippen molar-refractivity contribution in [2.75, 3.05) is 0 Å². The minimum atomic E-state index is 0.410. The summed E-state index contributed by atoms with van der Waals surface area (Å²) in [5.41, 5.74) is 1.03. The van der Waals surface area contributed by atoms with Gasteiger partial charge in [0.25, 0.3) is 0 Å². The third-order valence-electron chi connectivity index (χ3n) is 1.97. The molecule has 0 saturated heterocycles. The van der Waals surface area contributed by atoms with E-state index in [2.05, 4.69) is 19.1 Å². The number of phenols is 1. The first-order valence-electron chi connectivity index (χ1n) is 4.76. The smallest absolute Gasteiger partial charge is 0.118 e. The minimum absolute atomic E-state index is 0.410. The molecule has 0 fully saturated rings. The Kier molecular flexibility index (Phi) is 4.10. The lowest BCUT2D eigenvalue weighted by Crippen LogP contribution is -1.83. The average molecular weight is 176 g/mol. The lowest BCUT2D eigenvalue weighted by atomic mass is 10.1. The van der Waals surface area contributed by atoms with Crippen LogP contribution in [0.1, 0.15) is 25.3 Å². The molecular weight excluding hydrogens is 160 g/mol. The van der Waals surface area contributed by atoms with E-state index in [9.17, 15) is 5.11 Å². The van der Waals surface area contributed by atoms with E-state index in [0.717, 1.165) is 24.8 Å². The van der Waals surface area contributed by atoms with Gasteiger partial charge >= 0.3 is 0 Å². The summed E-state index contributed by atoms with van der Waals surface area (Å²) in [6.07, 6.45) is 7.32. The maximum absolute atomic E-state index is 9.44. The molecule has 1 heteroatoms. The lowest BCUT2D eigenvalue weighted by molar-refractivity contribution is 0.468. The Balaban J connectivity index is 2.45. The Morgan fingerprint density at radius 1 is 1.23 bits per heavy atom. The van der Waals surface area contributed by atoms with Gasteiger partial charge < -0.3 is 5.11 Å². The topological polar surface area (TPSA) is 20.2 Å². The fourth-order valence-electron chi connectivity index (χ4n) is 1.25. The Hall–Kier alpha value is -1.24. The average Bonchev–Trinajstić information content (AvgIpc) is 2.15. The highest BCUT2D eigenvalue weighted by atomic mass is 16.3. The van der Waals surface area contributed by atoms with Crippen LogP contribution in [0.15, 0.2) is 36.4 Å². The van der Waals surface area contributed by atoms with Crippen LogP contribution in [0.2, 0.25) is 0 Å². The number of phenolic OH excluding ortho intramolecular Hbond substituents is 1. The Bertz CT molecular complexity index is 276. The van der Waals surface area contributed by atoms with Gasteiger partial charge in [-0.3, -0.25) is 0 Å². The second kappa shape index (κ2) is 5.41. The highest BCUT2D eigenvalue weighted by molar-refractivity contribution is 5.31. The fourth-order valence-corrected chi connectivity index (χ4v) is 1.25.